The molecule has 0 aromatic rings. The molecule has 5 heteroatoms. The zero-order valence-electron chi connectivity index (χ0n) is 12.4. The van der Waals surface area contributed by atoms with E-state index in [1.54, 1.807) is 0 Å². The minimum atomic E-state index is 0.306. The highest BCUT2D eigenvalue weighted by Gasteiger charge is 2.25. The molecule has 1 N–H and O–H groups in total. The average molecular weight is 268 g/mol. The number of hydrogen-bond donors (Lipinski definition) is 1. The predicted octanol–water partition coefficient (Wildman–Crippen LogP) is -0.166. The lowest BCUT2D eigenvalue weighted by Gasteiger charge is -2.39. The molecule has 2 fully saturated rings. The lowest BCUT2D eigenvalue weighted by atomic mass is 10.2. The fourth-order valence-electron chi connectivity index (χ4n) is 3.07. The minimum Gasteiger partial charge on any atom is -0.340 e. The topological polar surface area (TPSA) is 38.8 Å². The van der Waals surface area contributed by atoms with Crippen molar-refractivity contribution in [3.05, 3.63) is 0 Å². The van der Waals surface area contributed by atoms with E-state index in [0.717, 1.165) is 58.8 Å². The molecule has 5 nitrogen and oxygen atoms in total. The number of nitrogens with zero attached hydrogens (tertiary/aromatic N) is 3. The molecular formula is C14H28N4O. The molecule has 2 rings (SSSR count). The molecule has 0 aromatic heterocycles. The first-order valence-corrected chi connectivity index (χ1v) is 7.65. The zero-order chi connectivity index (χ0) is 13.7. The Morgan fingerprint density at radius 2 is 2.05 bits per heavy atom. The van der Waals surface area contributed by atoms with Gasteiger partial charge in [-0.3, -0.25) is 14.6 Å². The van der Waals surface area contributed by atoms with Gasteiger partial charge in [0.15, 0.2) is 0 Å². The zero-order valence-corrected chi connectivity index (χ0v) is 12.4. The summed E-state index contributed by atoms with van der Waals surface area (Å²) < 4.78 is 0. The Labute approximate surface area is 116 Å². The van der Waals surface area contributed by atoms with Crippen molar-refractivity contribution in [2.24, 2.45) is 0 Å². The average Bonchev–Trinajstić information content (AvgIpc) is 2.68. The van der Waals surface area contributed by atoms with Crippen LogP contribution in [0.3, 0.4) is 0 Å². The second kappa shape index (κ2) is 7.22. The van der Waals surface area contributed by atoms with E-state index in [0.29, 0.717) is 18.5 Å². The number of likely N-dealkylation sites (N-methyl/N-ethyl adjacent to an activating group) is 1. The Bertz CT molecular complexity index is 289. The summed E-state index contributed by atoms with van der Waals surface area (Å²) in [6.45, 7) is 13.1. The van der Waals surface area contributed by atoms with Crippen LogP contribution in [0.25, 0.3) is 0 Å². The number of piperazine rings is 1. The van der Waals surface area contributed by atoms with E-state index >= 15 is 0 Å². The van der Waals surface area contributed by atoms with Crippen molar-refractivity contribution in [3.8, 4) is 0 Å². The molecular weight excluding hydrogens is 240 g/mol. The van der Waals surface area contributed by atoms with Crippen LogP contribution in [0.2, 0.25) is 0 Å². The van der Waals surface area contributed by atoms with Gasteiger partial charge in [-0.15, -0.1) is 0 Å². The lowest BCUT2D eigenvalue weighted by molar-refractivity contribution is -0.132. The van der Waals surface area contributed by atoms with Crippen molar-refractivity contribution < 1.29 is 4.79 Å². The van der Waals surface area contributed by atoms with Crippen LogP contribution in [-0.2, 0) is 4.79 Å². The Hall–Kier alpha value is -0.650. The minimum absolute atomic E-state index is 0.306. The Morgan fingerprint density at radius 1 is 1.21 bits per heavy atom. The highest BCUT2D eigenvalue weighted by Crippen LogP contribution is 2.09. The van der Waals surface area contributed by atoms with Gasteiger partial charge >= 0.3 is 0 Å². The second-order valence-corrected chi connectivity index (χ2v) is 5.70. The largest absolute Gasteiger partial charge is 0.340 e. The molecule has 0 spiro atoms. The molecule has 110 valence electrons. The molecule has 0 aromatic carbocycles. The van der Waals surface area contributed by atoms with Gasteiger partial charge in [0.1, 0.15) is 0 Å². The first kappa shape index (κ1) is 14.8. The summed E-state index contributed by atoms with van der Waals surface area (Å²) in [4.78, 5) is 19.1. The maximum Gasteiger partial charge on any atom is 0.236 e. The van der Waals surface area contributed by atoms with E-state index in [4.69, 9.17) is 0 Å². The summed E-state index contributed by atoms with van der Waals surface area (Å²) in [5, 5.41) is 3.34. The Balaban J connectivity index is 1.79. The summed E-state index contributed by atoms with van der Waals surface area (Å²) in [5.41, 5.74) is 0. The van der Waals surface area contributed by atoms with Crippen LogP contribution in [0.15, 0.2) is 0 Å². The van der Waals surface area contributed by atoms with E-state index in [1.807, 2.05) is 4.90 Å². The summed E-state index contributed by atoms with van der Waals surface area (Å²) >= 11 is 0. The van der Waals surface area contributed by atoms with Crippen LogP contribution in [-0.4, -0.2) is 85.6 Å². The second-order valence-electron chi connectivity index (χ2n) is 5.70. The number of hydrogen-bond acceptors (Lipinski definition) is 4. The van der Waals surface area contributed by atoms with Crippen LogP contribution in [0.1, 0.15) is 20.3 Å². The molecule has 1 unspecified atom stereocenters. The Kier molecular flexibility index (Phi) is 5.60. The quantitative estimate of drug-likeness (QED) is 0.772. The molecule has 2 heterocycles. The normalized spacial score (nSPS) is 27.3. The van der Waals surface area contributed by atoms with Crippen LogP contribution < -0.4 is 5.32 Å². The van der Waals surface area contributed by atoms with E-state index < -0.39 is 0 Å². The molecule has 19 heavy (non-hydrogen) atoms. The van der Waals surface area contributed by atoms with Gasteiger partial charge in [0, 0.05) is 45.3 Å². The standard InChI is InChI=1S/C14H28N4O/c1-3-17-10-9-16(11-13(17)2)12-14(19)18-7-4-5-15-6-8-18/h13,15H,3-12H2,1-2H3. The molecule has 0 bridgehead atoms. The van der Waals surface area contributed by atoms with Crippen molar-refractivity contribution in [2.45, 2.75) is 26.3 Å². The number of amides is 1. The molecule has 0 aliphatic carbocycles. The number of carbonyl (C=O) groups is 1. The van der Waals surface area contributed by atoms with Gasteiger partial charge in [-0.05, 0) is 26.4 Å². The van der Waals surface area contributed by atoms with Gasteiger partial charge in [0.2, 0.25) is 5.91 Å². The third-order valence-electron chi connectivity index (χ3n) is 4.31. The van der Waals surface area contributed by atoms with Crippen LogP contribution >= 0.6 is 0 Å². The fourth-order valence-corrected chi connectivity index (χ4v) is 3.07. The van der Waals surface area contributed by atoms with Gasteiger partial charge in [0.05, 0.1) is 6.54 Å². The summed E-state index contributed by atoms with van der Waals surface area (Å²) in [6.07, 6.45) is 1.08. The maximum atomic E-state index is 12.3. The van der Waals surface area contributed by atoms with Crippen molar-refractivity contribution >= 4 is 5.91 Å². The molecule has 0 saturated carbocycles. The van der Waals surface area contributed by atoms with Crippen LogP contribution in [0.5, 0.6) is 0 Å². The highest BCUT2D eigenvalue weighted by atomic mass is 16.2. The SMILES string of the molecule is CCN1CCN(CC(=O)N2CCCNCC2)CC1C. The van der Waals surface area contributed by atoms with E-state index in [9.17, 15) is 4.79 Å². The number of rotatable bonds is 3. The predicted molar refractivity (Wildman–Crippen MR) is 77.2 cm³/mol. The van der Waals surface area contributed by atoms with Crippen LogP contribution in [0, 0.1) is 0 Å². The monoisotopic (exact) mass is 268 g/mol. The van der Waals surface area contributed by atoms with Gasteiger partial charge < -0.3 is 10.2 Å². The van der Waals surface area contributed by atoms with Crippen molar-refractivity contribution in [3.63, 3.8) is 0 Å². The van der Waals surface area contributed by atoms with E-state index in [-0.39, 0.29) is 0 Å². The number of carbonyl (C=O) groups excluding carboxylic acids is 1. The third-order valence-corrected chi connectivity index (χ3v) is 4.31. The maximum absolute atomic E-state index is 12.3. The van der Waals surface area contributed by atoms with Crippen molar-refractivity contribution in [1.29, 1.82) is 0 Å². The summed E-state index contributed by atoms with van der Waals surface area (Å²) in [5.74, 6) is 0.306. The van der Waals surface area contributed by atoms with E-state index in [2.05, 4.69) is 29.0 Å². The van der Waals surface area contributed by atoms with Crippen molar-refractivity contribution in [1.82, 2.24) is 20.0 Å². The fraction of sp³-hybridized carbons (Fsp3) is 0.929. The van der Waals surface area contributed by atoms with E-state index in [1.165, 1.54) is 0 Å². The first-order valence-electron chi connectivity index (χ1n) is 7.65. The van der Waals surface area contributed by atoms with Gasteiger partial charge in [-0.2, -0.15) is 0 Å². The molecule has 0 radical (unpaired) electrons. The van der Waals surface area contributed by atoms with Crippen LogP contribution in [0.4, 0.5) is 0 Å². The summed E-state index contributed by atoms with van der Waals surface area (Å²) in [6, 6.07) is 0.567. The van der Waals surface area contributed by atoms with Gasteiger partial charge in [-0.1, -0.05) is 6.92 Å². The lowest BCUT2D eigenvalue weighted by Crippen LogP contribution is -2.54. The Morgan fingerprint density at radius 3 is 2.79 bits per heavy atom. The smallest absolute Gasteiger partial charge is 0.236 e. The summed E-state index contributed by atoms with van der Waals surface area (Å²) in [7, 11) is 0. The van der Waals surface area contributed by atoms with Gasteiger partial charge in [-0.25, -0.2) is 0 Å². The molecule has 2 saturated heterocycles. The first-order chi connectivity index (χ1) is 9.20. The van der Waals surface area contributed by atoms with Crippen molar-refractivity contribution in [2.75, 3.05) is 58.9 Å². The molecule has 1 atom stereocenters. The highest BCUT2D eigenvalue weighted by molar-refractivity contribution is 5.78. The molecule has 1 amide bonds. The number of nitrogens with one attached hydrogen (secondary N) is 1. The third kappa shape index (κ3) is 4.16. The molecule has 2 aliphatic heterocycles. The molecule has 2 aliphatic rings. The van der Waals surface area contributed by atoms with Gasteiger partial charge in [0.25, 0.3) is 0 Å².